The molecular weight excluding hydrogens is 260 g/mol. The number of imidazole rings is 1. The van der Waals surface area contributed by atoms with Crippen LogP contribution in [0.1, 0.15) is 13.8 Å². The number of rotatable bonds is 7. The normalized spacial score (nSPS) is 16.2. The Hall–Kier alpha value is -1.18. The fourth-order valence-corrected chi connectivity index (χ4v) is 1.53. The summed E-state index contributed by atoms with van der Waals surface area (Å²) in [5.41, 5.74) is 0. The van der Waals surface area contributed by atoms with Crippen LogP contribution in [0.2, 0.25) is 0 Å². The molecule has 3 atom stereocenters. The van der Waals surface area contributed by atoms with E-state index in [1.165, 1.54) is 17.0 Å². The van der Waals surface area contributed by atoms with Crippen LogP contribution in [0, 0.1) is 10.1 Å². The number of nitro groups is 1. The second kappa shape index (κ2) is 6.67. The quantitative estimate of drug-likeness (QED) is 0.287. The monoisotopic (exact) mass is 277 g/mol. The lowest BCUT2D eigenvalue weighted by atomic mass is 10.2. The van der Waals surface area contributed by atoms with Crippen LogP contribution in [0.15, 0.2) is 12.4 Å². The third-order valence-electron chi connectivity index (χ3n) is 2.68. The molecule has 0 aliphatic heterocycles. The van der Waals surface area contributed by atoms with Crippen LogP contribution in [0.25, 0.3) is 0 Å². The molecule has 0 saturated carbocycles. The molecule has 8 heteroatoms. The van der Waals surface area contributed by atoms with Crippen LogP contribution in [-0.2, 0) is 6.54 Å². The van der Waals surface area contributed by atoms with Crippen LogP contribution >= 0.6 is 11.6 Å². The average molecular weight is 278 g/mol. The summed E-state index contributed by atoms with van der Waals surface area (Å²) in [6.45, 7) is 4.25. The zero-order valence-corrected chi connectivity index (χ0v) is 11.1. The number of H-pyrrole nitrogens is 1. The largest absolute Gasteiger partial charge is 0.577 e. The Bertz CT molecular complexity index is 396. The van der Waals surface area contributed by atoms with Crippen molar-refractivity contribution in [3.8, 4) is 0 Å². The standard InChI is InChI=1S/C10H17ClN4O3/c1-7(11)8(2)13-5-9(16)6-14-4-3-12-10(14)15(17)18/h3-4,7-9,13,16H,5-6H2,1-2H3/p+1/t7-,8-,9?/m1/s1. The van der Waals surface area contributed by atoms with Crippen LogP contribution in [-0.4, -0.2) is 39.1 Å². The molecule has 0 fully saturated rings. The van der Waals surface area contributed by atoms with Gasteiger partial charge in [0.1, 0.15) is 12.6 Å². The van der Waals surface area contributed by atoms with Gasteiger partial charge in [0, 0.05) is 18.0 Å². The Morgan fingerprint density at radius 1 is 1.67 bits per heavy atom. The van der Waals surface area contributed by atoms with E-state index in [2.05, 4.69) is 10.3 Å². The van der Waals surface area contributed by atoms with Gasteiger partial charge in [0.15, 0.2) is 12.4 Å². The molecule has 0 aliphatic rings. The summed E-state index contributed by atoms with van der Waals surface area (Å²) in [6.07, 6.45) is 2.26. The number of nitrogens with zero attached hydrogens (tertiary/aromatic N) is 2. The first kappa shape index (κ1) is 14.9. The summed E-state index contributed by atoms with van der Waals surface area (Å²) >= 11 is 5.88. The minimum absolute atomic E-state index is 0.0496. The molecule has 0 aromatic carbocycles. The molecule has 0 radical (unpaired) electrons. The van der Waals surface area contributed by atoms with Crippen molar-refractivity contribution in [2.75, 3.05) is 6.54 Å². The zero-order chi connectivity index (χ0) is 13.7. The number of hydrogen-bond donors (Lipinski definition) is 3. The second-order valence-corrected chi connectivity index (χ2v) is 4.91. The molecular formula is C10H18ClN4O3+. The number of alkyl halides is 1. The molecule has 0 aliphatic carbocycles. The molecule has 1 heterocycles. The first-order valence-corrected chi connectivity index (χ1v) is 6.12. The van der Waals surface area contributed by atoms with Crippen molar-refractivity contribution in [3.63, 3.8) is 0 Å². The highest BCUT2D eigenvalue weighted by molar-refractivity contribution is 6.20. The summed E-state index contributed by atoms with van der Waals surface area (Å²) in [4.78, 5) is 12.6. The van der Waals surface area contributed by atoms with E-state index in [1.54, 1.807) is 0 Å². The van der Waals surface area contributed by atoms with Crippen molar-refractivity contribution in [2.45, 2.75) is 37.9 Å². The van der Waals surface area contributed by atoms with Gasteiger partial charge in [-0.3, -0.25) is 0 Å². The summed E-state index contributed by atoms with van der Waals surface area (Å²) in [5, 5.41) is 23.5. The van der Waals surface area contributed by atoms with Gasteiger partial charge in [-0.2, -0.15) is 4.98 Å². The fraction of sp³-hybridized carbons (Fsp3) is 0.700. The van der Waals surface area contributed by atoms with Gasteiger partial charge in [-0.15, -0.1) is 16.2 Å². The molecule has 102 valence electrons. The lowest BCUT2D eigenvalue weighted by Gasteiger charge is -2.17. The van der Waals surface area contributed by atoms with E-state index in [4.69, 9.17) is 11.6 Å². The Morgan fingerprint density at radius 3 is 2.89 bits per heavy atom. The van der Waals surface area contributed by atoms with Crippen LogP contribution in [0.4, 0.5) is 5.95 Å². The Morgan fingerprint density at radius 2 is 2.33 bits per heavy atom. The molecule has 0 bridgehead atoms. The van der Waals surface area contributed by atoms with Crippen molar-refractivity contribution < 1.29 is 14.6 Å². The van der Waals surface area contributed by atoms with Crippen LogP contribution < -0.4 is 9.88 Å². The number of nitrogens with one attached hydrogen (secondary N) is 2. The number of aliphatic hydroxyl groups is 1. The van der Waals surface area contributed by atoms with E-state index in [1.807, 2.05) is 13.8 Å². The molecule has 0 amide bonds. The van der Waals surface area contributed by atoms with E-state index < -0.39 is 11.0 Å². The Labute approximate surface area is 110 Å². The fourth-order valence-electron chi connectivity index (χ4n) is 1.44. The van der Waals surface area contributed by atoms with Crippen molar-refractivity contribution in [1.29, 1.82) is 0 Å². The smallest absolute Gasteiger partial charge is 0.387 e. The average Bonchev–Trinajstić information content (AvgIpc) is 2.73. The van der Waals surface area contributed by atoms with Gasteiger partial charge < -0.3 is 20.5 Å². The number of aromatic amines is 1. The lowest BCUT2D eigenvalue weighted by molar-refractivity contribution is -0.740. The maximum Gasteiger partial charge on any atom is 0.577 e. The highest BCUT2D eigenvalue weighted by atomic mass is 35.5. The van der Waals surface area contributed by atoms with E-state index in [0.717, 1.165) is 0 Å². The SMILES string of the molecule is C[C@@H](Cl)[C@@H](C)NCC(O)C[n+]1cc[nH]c1[N+](=O)[O-]. The lowest BCUT2D eigenvalue weighted by Crippen LogP contribution is -2.46. The van der Waals surface area contributed by atoms with Gasteiger partial charge in [-0.25, -0.2) is 0 Å². The zero-order valence-electron chi connectivity index (χ0n) is 10.3. The van der Waals surface area contributed by atoms with E-state index in [0.29, 0.717) is 6.54 Å². The molecule has 18 heavy (non-hydrogen) atoms. The predicted molar refractivity (Wildman–Crippen MR) is 66.4 cm³/mol. The molecule has 0 saturated heterocycles. The number of hydrogen-bond acceptors (Lipinski definition) is 4. The molecule has 1 rings (SSSR count). The van der Waals surface area contributed by atoms with E-state index in [-0.39, 0.29) is 23.9 Å². The molecule has 1 aromatic heterocycles. The van der Waals surface area contributed by atoms with Gasteiger partial charge in [-0.1, -0.05) is 0 Å². The predicted octanol–water partition coefficient (Wildman–Crippen LogP) is 0.177. The van der Waals surface area contributed by atoms with Crippen LogP contribution in [0.3, 0.4) is 0 Å². The van der Waals surface area contributed by atoms with Gasteiger partial charge in [-0.05, 0) is 13.8 Å². The van der Waals surface area contributed by atoms with E-state index >= 15 is 0 Å². The van der Waals surface area contributed by atoms with Crippen molar-refractivity contribution in [3.05, 3.63) is 22.5 Å². The van der Waals surface area contributed by atoms with Gasteiger partial charge in [0.2, 0.25) is 0 Å². The Balaban J connectivity index is 2.47. The molecule has 0 spiro atoms. The first-order chi connectivity index (χ1) is 8.41. The van der Waals surface area contributed by atoms with Gasteiger partial charge in [0.05, 0.1) is 4.92 Å². The van der Waals surface area contributed by atoms with Gasteiger partial charge >= 0.3 is 5.95 Å². The van der Waals surface area contributed by atoms with Crippen molar-refractivity contribution >= 4 is 17.5 Å². The summed E-state index contributed by atoms with van der Waals surface area (Å²) in [6, 6.07) is 0.0625. The maximum atomic E-state index is 10.7. The number of halogens is 1. The maximum absolute atomic E-state index is 10.7. The first-order valence-electron chi connectivity index (χ1n) is 5.68. The third kappa shape index (κ3) is 4.25. The topological polar surface area (TPSA) is 95.1 Å². The minimum atomic E-state index is -0.720. The molecule has 1 unspecified atom stereocenters. The molecule has 1 aromatic rings. The summed E-state index contributed by atoms with van der Waals surface area (Å²) < 4.78 is 1.36. The Kier molecular flexibility index (Phi) is 5.52. The van der Waals surface area contributed by atoms with Crippen molar-refractivity contribution in [1.82, 2.24) is 10.3 Å². The minimum Gasteiger partial charge on any atom is -0.387 e. The van der Waals surface area contributed by atoms with Gasteiger partial charge in [0.25, 0.3) is 0 Å². The second-order valence-electron chi connectivity index (χ2n) is 4.22. The molecule has 7 nitrogen and oxygen atoms in total. The number of aromatic nitrogens is 2. The highest BCUT2D eigenvalue weighted by Gasteiger charge is 2.24. The summed E-state index contributed by atoms with van der Waals surface area (Å²) in [7, 11) is 0. The van der Waals surface area contributed by atoms with E-state index in [9.17, 15) is 15.2 Å². The van der Waals surface area contributed by atoms with Crippen molar-refractivity contribution in [2.24, 2.45) is 0 Å². The number of aliphatic hydroxyl groups excluding tert-OH is 1. The highest BCUT2D eigenvalue weighted by Crippen LogP contribution is 2.01. The third-order valence-corrected chi connectivity index (χ3v) is 3.06. The van der Waals surface area contributed by atoms with Crippen LogP contribution in [0.5, 0.6) is 0 Å². The summed E-state index contributed by atoms with van der Waals surface area (Å²) in [5.74, 6) is -0.146. The molecule has 3 N–H and O–H groups in total.